The SMILES string of the molecule is CO[C@]1(C(F)(F)F)ON=C(c2c(Cl)cccc2Cl)C1[S+](O)c1ccc(C)cc1. The van der Waals surface area contributed by atoms with E-state index >= 15 is 0 Å². The number of hydrogen-bond acceptors (Lipinski definition) is 4. The Bertz CT molecular complexity index is 888. The van der Waals surface area contributed by atoms with Crippen molar-refractivity contribution in [2.75, 3.05) is 7.11 Å². The molecule has 1 N–H and O–H groups in total. The summed E-state index contributed by atoms with van der Waals surface area (Å²) < 4.78 is 57.7. The van der Waals surface area contributed by atoms with E-state index in [0.717, 1.165) is 12.7 Å². The van der Waals surface area contributed by atoms with E-state index in [2.05, 4.69) is 5.16 Å². The second-order valence-corrected chi connectivity index (χ2v) is 8.43. The zero-order valence-electron chi connectivity index (χ0n) is 14.6. The first-order valence-corrected chi connectivity index (χ1v) is 9.93. The third kappa shape index (κ3) is 3.48. The number of rotatable bonds is 4. The molecule has 150 valence electrons. The summed E-state index contributed by atoms with van der Waals surface area (Å²) in [7, 11) is 0.847. The Morgan fingerprint density at radius 3 is 2.21 bits per heavy atom. The van der Waals surface area contributed by atoms with Crippen LogP contribution in [0.3, 0.4) is 0 Å². The summed E-state index contributed by atoms with van der Waals surface area (Å²) in [6.45, 7) is 1.82. The average Bonchev–Trinajstić information content (AvgIpc) is 3.02. The summed E-state index contributed by atoms with van der Waals surface area (Å²) in [5.74, 6) is -3.19. The van der Waals surface area contributed by atoms with Crippen LogP contribution in [0.1, 0.15) is 11.1 Å². The van der Waals surface area contributed by atoms with Crippen molar-refractivity contribution in [3.05, 3.63) is 63.6 Å². The van der Waals surface area contributed by atoms with Crippen molar-refractivity contribution < 1.29 is 27.3 Å². The van der Waals surface area contributed by atoms with Crippen molar-refractivity contribution in [2.24, 2.45) is 5.16 Å². The van der Waals surface area contributed by atoms with E-state index in [1.807, 2.05) is 6.92 Å². The Hall–Kier alpha value is -1.45. The Labute approximate surface area is 172 Å². The van der Waals surface area contributed by atoms with E-state index in [0.29, 0.717) is 0 Å². The van der Waals surface area contributed by atoms with Gasteiger partial charge in [0.05, 0.1) is 10.0 Å². The van der Waals surface area contributed by atoms with Crippen molar-refractivity contribution >= 4 is 40.1 Å². The molecule has 0 saturated heterocycles. The Kier molecular flexibility index (Phi) is 5.89. The Balaban J connectivity index is 2.19. The zero-order valence-corrected chi connectivity index (χ0v) is 17.0. The van der Waals surface area contributed by atoms with Gasteiger partial charge < -0.3 is 9.57 Å². The van der Waals surface area contributed by atoms with Crippen LogP contribution >= 0.6 is 23.2 Å². The lowest BCUT2D eigenvalue weighted by molar-refractivity contribution is -0.362. The van der Waals surface area contributed by atoms with Crippen LogP contribution in [0, 0.1) is 6.92 Å². The molecule has 3 rings (SSSR count). The first-order valence-electron chi connectivity index (χ1n) is 7.93. The summed E-state index contributed by atoms with van der Waals surface area (Å²) in [5.41, 5.74) is 0.708. The van der Waals surface area contributed by atoms with Crippen molar-refractivity contribution in [3.8, 4) is 0 Å². The first kappa shape index (κ1) is 21.3. The molecule has 2 aromatic carbocycles. The van der Waals surface area contributed by atoms with Gasteiger partial charge in [0.15, 0.2) is 21.8 Å². The van der Waals surface area contributed by atoms with E-state index in [-0.39, 0.29) is 26.2 Å². The van der Waals surface area contributed by atoms with E-state index in [4.69, 9.17) is 32.8 Å². The zero-order chi connectivity index (χ0) is 20.7. The molecule has 1 aliphatic heterocycles. The van der Waals surface area contributed by atoms with Gasteiger partial charge in [0, 0.05) is 12.7 Å². The average molecular weight is 453 g/mol. The minimum atomic E-state index is -5.00. The van der Waals surface area contributed by atoms with Gasteiger partial charge in [0.1, 0.15) is 0 Å². The fraction of sp³-hybridized carbons (Fsp3) is 0.278. The van der Waals surface area contributed by atoms with Crippen molar-refractivity contribution in [1.82, 2.24) is 0 Å². The first-order chi connectivity index (χ1) is 13.1. The van der Waals surface area contributed by atoms with Gasteiger partial charge in [0.25, 0.3) is 5.25 Å². The molecule has 2 aromatic rings. The fourth-order valence-corrected chi connectivity index (χ4v) is 5.06. The van der Waals surface area contributed by atoms with Crippen LogP contribution in [-0.4, -0.2) is 34.6 Å². The normalized spacial score (nSPS) is 23.3. The smallest absolute Gasteiger partial charge is 0.343 e. The monoisotopic (exact) mass is 452 g/mol. The van der Waals surface area contributed by atoms with Gasteiger partial charge in [-0.3, -0.25) is 0 Å². The highest BCUT2D eigenvalue weighted by molar-refractivity contribution is 7.93. The number of nitrogens with zero attached hydrogens (tertiary/aromatic N) is 1. The minimum Gasteiger partial charge on any atom is -0.343 e. The molecule has 0 aromatic heterocycles. The number of ether oxygens (including phenoxy) is 1. The number of oxime groups is 1. The molecule has 0 saturated carbocycles. The lowest BCUT2D eigenvalue weighted by Crippen LogP contribution is -2.59. The standard InChI is InChI=1S/C18H15Cl2F3NO3S/c1-10-6-8-11(9-7-10)28(25)16-15(14-12(19)4-3-5-13(14)20)24-27-17(16,26-2)18(21,22)23/h3-9,16,25H,1-2H3/q+1/t16?,17-,28?/m0/s1. The number of hydrogen-bond donors (Lipinski definition) is 1. The molecule has 1 heterocycles. The fourth-order valence-electron chi connectivity index (χ4n) is 2.84. The Morgan fingerprint density at radius 1 is 1.14 bits per heavy atom. The topological polar surface area (TPSA) is 51.0 Å². The highest BCUT2D eigenvalue weighted by Gasteiger charge is 2.75. The molecule has 0 bridgehead atoms. The molecular weight excluding hydrogens is 438 g/mol. The molecule has 0 radical (unpaired) electrons. The molecule has 10 heteroatoms. The Morgan fingerprint density at radius 2 is 1.71 bits per heavy atom. The van der Waals surface area contributed by atoms with Gasteiger partial charge in [-0.05, 0) is 31.2 Å². The molecular formula is C18H15Cl2F3NO3S+. The lowest BCUT2D eigenvalue weighted by atomic mass is 10.0. The van der Waals surface area contributed by atoms with E-state index in [9.17, 15) is 17.7 Å². The third-order valence-electron chi connectivity index (χ3n) is 4.28. The van der Waals surface area contributed by atoms with Crippen LogP contribution in [0.15, 0.2) is 52.5 Å². The van der Waals surface area contributed by atoms with E-state index in [1.165, 1.54) is 12.1 Å². The highest BCUT2D eigenvalue weighted by atomic mass is 35.5. The largest absolute Gasteiger partial charge is 0.464 e. The van der Waals surface area contributed by atoms with Gasteiger partial charge in [0.2, 0.25) is 0 Å². The summed E-state index contributed by atoms with van der Waals surface area (Å²) in [6.07, 6.45) is -5.00. The highest BCUT2D eigenvalue weighted by Crippen LogP contribution is 2.47. The second kappa shape index (κ2) is 7.76. The van der Waals surface area contributed by atoms with E-state index < -0.39 is 28.4 Å². The summed E-state index contributed by atoms with van der Waals surface area (Å²) >= 11 is 10.4. The quantitative estimate of drug-likeness (QED) is 0.626. The summed E-state index contributed by atoms with van der Waals surface area (Å²) in [6, 6.07) is 10.9. The molecule has 1 aliphatic rings. The maximum atomic E-state index is 14.0. The summed E-state index contributed by atoms with van der Waals surface area (Å²) in [5, 5.41) is 2.03. The number of benzene rings is 2. The van der Waals surface area contributed by atoms with Gasteiger partial charge in [-0.15, -0.1) is 0 Å². The van der Waals surface area contributed by atoms with Crippen molar-refractivity contribution in [1.29, 1.82) is 0 Å². The van der Waals surface area contributed by atoms with E-state index in [1.54, 1.807) is 30.3 Å². The molecule has 4 nitrogen and oxygen atoms in total. The van der Waals surface area contributed by atoms with Crippen molar-refractivity contribution in [2.45, 2.75) is 29.0 Å². The number of methoxy groups -OCH3 is 1. The summed E-state index contributed by atoms with van der Waals surface area (Å²) in [4.78, 5) is 5.05. The predicted octanol–water partition coefficient (Wildman–Crippen LogP) is 5.46. The lowest BCUT2D eigenvalue weighted by Gasteiger charge is -2.30. The van der Waals surface area contributed by atoms with Crippen molar-refractivity contribution in [3.63, 3.8) is 0 Å². The van der Waals surface area contributed by atoms with Crippen LogP contribution in [0.2, 0.25) is 10.0 Å². The molecule has 0 spiro atoms. The number of halogens is 5. The third-order valence-corrected chi connectivity index (χ3v) is 6.64. The van der Waals surface area contributed by atoms with Crippen LogP contribution in [-0.2, 0) is 20.8 Å². The van der Waals surface area contributed by atoms with Gasteiger partial charge >= 0.3 is 12.0 Å². The molecule has 0 fully saturated rings. The molecule has 3 atom stereocenters. The molecule has 28 heavy (non-hydrogen) atoms. The van der Waals surface area contributed by atoms with Crippen LogP contribution in [0.5, 0.6) is 0 Å². The van der Waals surface area contributed by atoms with Gasteiger partial charge in [-0.1, -0.05) is 52.1 Å². The van der Waals surface area contributed by atoms with Gasteiger partial charge in [-0.25, -0.2) is 0 Å². The minimum absolute atomic E-state index is 0.0534. The predicted molar refractivity (Wildman–Crippen MR) is 103 cm³/mol. The molecule has 0 amide bonds. The van der Waals surface area contributed by atoms with Crippen LogP contribution < -0.4 is 0 Å². The van der Waals surface area contributed by atoms with Crippen LogP contribution in [0.4, 0.5) is 13.2 Å². The number of alkyl halides is 3. The second-order valence-electron chi connectivity index (χ2n) is 6.04. The molecule has 0 aliphatic carbocycles. The van der Waals surface area contributed by atoms with Crippen LogP contribution in [0.25, 0.3) is 0 Å². The maximum absolute atomic E-state index is 14.0. The molecule has 2 unspecified atom stereocenters. The van der Waals surface area contributed by atoms with Gasteiger partial charge in [-0.2, -0.15) is 17.7 Å². The number of aryl methyl sites for hydroxylation is 1. The maximum Gasteiger partial charge on any atom is 0.464 e.